The second kappa shape index (κ2) is 5.15. The minimum atomic E-state index is -5.19. The normalized spacial score (nSPS) is 14.3. The number of hydrogen-bond acceptors (Lipinski definition) is 3. The summed E-state index contributed by atoms with van der Waals surface area (Å²) in [5, 5.41) is -2.82. The summed E-state index contributed by atoms with van der Waals surface area (Å²) in [6, 6.07) is 5.44. The Bertz CT molecular complexity index is 493. The Labute approximate surface area is 102 Å². The van der Waals surface area contributed by atoms with Gasteiger partial charge in [0.1, 0.15) is 5.75 Å². The molecule has 0 spiro atoms. The molecule has 0 amide bonds. The summed E-state index contributed by atoms with van der Waals surface area (Å²) in [5.41, 5.74) is 0.135. The molecule has 0 saturated carbocycles. The zero-order valence-electron chi connectivity index (χ0n) is 9.31. The fourth-order valence-electron chi connectivity index (χ4n) is 1.37. The minimum absolute atomic E-state index is 0.135. The molecule has 0 aliphatic heterocycles. The highest BCUT2D eigenvalue weighted by Gasteiger charge is 2.48. The van der Waals surface area contributed by atoms with Gasteiger partial charge in [-0.3, -0.25) is 4.55 Å². The van der Waals surface area contributed by atoms with Crippen molar-refractivity contribution >= 4 is 10.1 Å². The smallest absolute Gasteiger partial charge is 0.408 e. The molecule has 0 radical (unpaired) electrons. The van der Waals surface area contributed by atoms with Crippen LogP contribution in [0.15, 0.2) is 24.3 Å². The highest BCUT2D eigenvalue weighted by Crippen LogP contribution is 2.28. The van der Waals surface area contributed by atoms with Crippen molar-refractivity contribution in [1.82, 2.24) is 0 Å². The molecule has 0 bridgehead atoms. The predicted molar refractivity (Wildman–Crippen MR) is 58.1 cm³/mol. The monoisotopic (exact) mass is 284 g/mol. The third kappa shape index (κ3) is 3.88. The van der Waals surface area contributed by atoms with Crippen LogP contribution < -0.4 is 4.74 Å². The fourth-order valence-corrected chi connectivity index (χ4v) is 2.11. The number of methoxy groups -OCH3 is 1. The Morgan fingerprint density at radius 1 is 1.28 bits per heavy atom. The van der Waals surface area contributed by atoms with Crippen LogP contribution in [0.2, 0.25) is 0 Å². The van der Waals surface area contributed by atoms with E-state index < -0.39 is 28.0 Å². The second-order valence-corrected chi connectivity index (χ2v) is 5.20. The van der Waals surface area contributed by atoms with Crippen LogP contribution in [0.25, 0.3) is 0 Å². The third-order valence-corrected chi connectivity index (χ3v) is 3.46. The van der Waals surface area contributed by atoms with E-state index in [1.807, 2.05) is 0 Å². The topological polar surface area (TPSA) is 63.6 Å². The van der Waals surface area contributed by atoms with E-state index in [2.05, 4.69) is 0 Å². The number of alkyl halides is 3. The van der Waals surface area contributed by atoms with E-state index in [1.54, 1.807) is 0 Å². The molecular formula is C10H11F3O4S. The maximum absolute atomic E-state index is 12.5. The van der Waals surface area contributed by atoms with Gasteiger partial charge in [-0.15, -0.1) is 0 Å². The van der Waals surface area contributed by atoms with Gasteiger partial charge in [0.15, 0.2) is 5.25 Å². The van der Waals surface area contributed by atoms with Gasteiger partial charge < -0.3 is 4.74 Å². The Hall–Kier alpha value is -1.28. The van der Waals surface area contributed by atoms with Gasteiger partial charge in [0.2, 0.25) is 0 Å². The molecule has 0 saturated heterocycles. The van der Waals surface area contributed by atoms with E-state index in [4.69, 9.17) is 9.29 Å². The van der Waals surface area contributed by atoms with Gasteiger partial charge in [-0.1, -0.05) is 12.1 Å². The predicted octanol–water partition coefficient (Wildman–Crippen LogP) is 2.06. The molecule has 0 heterocycles. The van der Waals surface area contributed by atoms with E-state index in [9.17, 15) is 21.6 Å². The van der Waals surface area contributed by atoms with E-state index in [-0.39, 0.29) is 5.56 Å². The molecule has 0 fully saturated rings. The fraction of sp³-hybridized carbons (Fsp3) is 0.400. The summed E-state index contributed by atoms with van der Waals surface area (Å²) in [5.74, 6) is 0.439. The molecule has 102 valence electrons. The lowest BCUT2D eigenvalue weighted by molar-refractivity contribution is -0.131. The lowest BCUT2D eigenvalue weighted by Crippen LogP contribution is -2.38. The first-order valence-electron chi connectivity index (χ1n) is 4.80. The Morgan fingerprint density at radius 2 is 1.78 bits per heavy atom. The van der Waals surface area contributed by atoms with Gasteiger partial charge in [0.25, 0.3) is 10.1 Å². The van der Waals surface area contributed by atoms with E-state index in [0.29, 0.717) is 5.75 Å². The first kappa shape index (κ1) is 14.8. The number of benzene rings is 1. The highest BCUT2D eigenvalue weighted by atomic mass is 32.2. The number of halogens is 3. The number of hydrogen-bond donors (Lipinski definition) is 1. The lowest BCUT2D eigenvalue weighted by atomic mass is 10.1. The first-order chi connectivity index (χ1) is 8.14. The zero-order valence-corrected chi connectivity index (χ0v) is 10.1. The number of ether oxygens (including phenoxy) is 1. The average molecular weight is 284 g/mol. The molecule has 0 aliphatic rings. The van der Waals surface area contributed by atoms with Crippen molar-refractivity contribution in [3.8, 4) is 5.75 Å². The summed E-state index contributed by atoms with van der Waals surface area (Å²) < 4.78 is 72.3. The average Bonchev–Trinajstić information content (AvgIpc) is 2.23. The molecule has 4 nitrogen and oxygen atoms in total. The molecule has 0 aromatic heterocycles. The molecule has 0 aliphatic carbocycles. The lowest BCUT2D eigenvalue weighted by Gasteiger charge is -2.17. The summed E-state index contributed by atoms with van der Waals surface area (Å²) in [6.45, 7) is 0. The Balaban J connectivity index is 2.97. The van der Waals surface area contributed by atoms with Crippen LogP contribution in [0, 0.1) is 0 Å². The summed E-state index contributed by atoms with van der Waals surface area (Å²) >= 11 is 0. The first-order valence-corrected chi connectivity index (χ1v) is 6.31. The second-order valence-electron chi connectivity index (χ2n) is 3.60. The van der Waals surface area contributed by atoms with Gasteiger partial charge in [-0.2, -0.15) is 21.6 Å². The van der Waals surface area contributed by atoms with Crippen molar-refractivity contribution in [2.45, 2.75) is 17.8 Å². The van der Waals surface area contributed by atoms with Crippen molar-refractivity contribution in [1.29, 1.82) is 0 Å². The molecule has 1 aromatic carbocycles. The summed E-state index contributed by atoms with van der Waals surface area (Å²) in [7, 11) is -3.80. The van der Waals surface area contributed by atoms with Crippen molar-refractivity contribution in [3.63, 3.8) is 0 Å². The van der Waals surface area contributed by atoms with Gasteiger partial charge in [-0.05, 0) is 17.7 Å². The van der Waals surface area contributed by atoms with Crippen molar-refractivity contribution < 1.29 is 30.9 Å². The van der Waals surface area contributed by atoms with E-state index in [1.165, 1.54) is 31.4 Å². The largest absolute Gasteiger partial charge is 0.497 e. The molecular weight excluding hydrogens is 273 g/mol. The SMILES string of the molecule is COc1ccc(CC(C(F)(F)F)S(=O)(=O)O)cc1. The number of rotatable bonds is 4. The van der Waals surface area contributed by atoms with Crippen LogP contribution >= 0.6 is 0 Å². The third-order valence-electron chi connectivity index (χ3n) is 2.30. The molecule has 1 N–H and O–H groups in total. The van der Waals surface area contributed by atoms with Crippen LogP contribution in [0.5, 0.6) is 5.75 Å². The van der Waals surface area contributed by atoms with Crippen LogP contribution in [0.4, 0.5) is 13.2 Å². The minimum Gasteiger partial charge on any atom is -0.497 e. The molecule has 1 rings (SSSR count). The highest BCUT2D eigenvalue weighted by molar-refractivity contribution is 7.86. The Kier molecular flexibility index (Phi) is 4.23. The molecule has 8 heteroatoms. The molecule has 18 heavy (non-hydrogen) atoms. The summed E-state index contributed by atoms with van der Waals surface area (Å²) in [6.07, 6.45) is -5.86. The van der Waals surface area contributed by atoms with Crippen LogP contribution in [0.1, 0.15) is 5.56 Å². The zero-order chi connectivity index (χ0) is 14.0. The van der Waals surface area contributed by atoms with Gasteiger partial charge in [0, 0.05) is 6.42 Å². The van der Waals surface area contributed by atoms with Gasteiger partial charge in [-0.25, -0.2) is 0 Å². The maximum Gasteiger partial charge on any atom is 0.408 e. The van der Waals surface area contributed by atoms with Crippen molar-refractivity contribution in [2.75, 3.05) is 7.11 Å². The van der Waals surface area contributed by atoms with Gasteiger partial charge in [0.05, 0.1) is 7.11 Å². The van der Waals surface area contributed by atoms with E-state index in [0.717, 1.165) is 0 Å². The van der Waals surface area contributed by atoms with Gasteiger partial charge >= 0.3 is 6.18 Å². The maximum atomic E-state index is 12.5. The van der Waals surface area contributed by atoms with Crippen molar-refractivity contribution in [3.05, 3.63) is 29.8 Å². The van der Waals surface area contributed by atoms with Crippen molar-refractivity contribution in [2.24, 2.45) is 0 Å². The standard InChI is InChI=1S/C10H11F3O4S/c1-17-8-4-2-7(3-5-8)6-9(10(11,12)13)18(14,15)16/h2-5,9H,6H2,1H3,(H,14,15,16). The Morgan fingerprint density at radius 3 is 2.11 bits per heavy atom. The quantitative estimate of drug-likeness (QED) is 0.860. The molecule has 1 aromatic rings. The van der Waals surface area contributed by atoms with Crippen LogP contribution in [-0.2, 0) is 16.5 Å². The summed E-state index contributed by atoms with van der Waals surface area (Å²) in [4.78, 5) is 0. The van der Waals surface area contributed by atoms with E-state index >= 15 is 0 Å². The molecule has 1 atom stereocenters. The molecule has 1 unspecified atom stereocenters. The van der Waals surface area contributed by atoms with Crippen LogP contribution in [0.3, 0.4) is 0 Å². The van der Waals surface area contributed by atoms with Crippen LogP contribution in [-0.4, -0.2) is 31.5 Å².